The predicted octanol–water partition coefficient (Wildman–Crippen LogP) is 3.60. The van der Waals surface area contributed by atoms with Crippen LogP contribution in [0.2, 0.25) is 0 Å². The van der Waals surface area contributed by atoms with Crippen LogP contribution in [0, 0.1) is 0 Å². The number of benzene rings is 2. The maximum atomic E-state index is 12.1. The van der Waals surface area contributed by atoms with Crippen molar-refractivity contribution in [2.45, 2.75) is 6.04 Å². The number of carbonyl (C=O) groups is 1. The molecule has 0 radical (unpaired) electrons. The summed E-state index contributed by atoms with van der Waals surface area (Å²) in [4.78, 5) is 12.1. The highest BCUT2D eigenvalue weighted by Crippen LogP contribution is 2.22. The normalized spacial score (nSPS) is 11.8. The molecule has 1 atom stereocenters. The predicted molar refractivity (Wildman–Crippen MR) is 90.1 cm³/mol. The summed E-state index contributed by atoms with van der Waals surface area (Å²) < 4.78 is 5.51. The highest BCUT2D eigenvalue weighted by Gasteiger charge is 2.17. The minimum atomic E-state index is -0.160. The van der Waals surface area contributed by atoms with Gasteiger partial charge in [0.25, 0.3) is 0 Å². The molecule has 0 aliphatic heterocycles. The fraction of sp³-hybridized carbons (Fsp3) is 0.105. The topological polar surface area (TPSA) is 54.3 Å². The molecule has 1 heterocycles. The van der Waals surface area contributed by atoms with Gasteiger partial charge in [0.1, 0.15) is 5.76 Å². The molecule has 0 saturated heterocycles. The van der Waals surface area contributed by atoms with E-state index in [1.807, 2.05) is 72.8 Å². The van der Waals surface area contributed by atoms with E-state index in [4.69, 9.17) is 4.42 Å². The summed E-state index contributed by atoms with van der Waals surface area (Å²) >= 11 is 0. The first-order chi connectivity index (χ1) is 11.3. The van der Waals surface area contributed by atoms with Gasteiger partial charge in [0.05, 0.1) is 18.8 Å². The molecule has 23 heavy (non-hydrogen) atoms. The molecule has 0 aliphatic rings. The summed E-state index contributed by atoms with van der Waals surface area (Å²) in [7, 11) is 0. The van der Waals surface area contributed by atoms with E-state index >= 15 is 0 Å². The minimum Gasteiger partial charge on any atom is -0.467 e. The Morgan fingerprint density at radius 3 is 2.26 bits per heavy atom. The summed E-state index contributed by atoms with van der Waals surface area (Å²) in [6.45, 7) is 0.190. The Labute approximate surface area is 135 Å². The van der Waals surface area contributed by atoms with Gasteiger partial charge in [0, 0.05) is 5.69 Å². The van der Waals surface area contributed by atoms with Crippen LogP contribution in [0.5, 0.6) is 0 Å². The molecule has 4 heteroatoms. The molecule has 4 nitrogen and oxygen atoms in total. The number of furan rings is 1. The number of nitrogens with one attached hydrogen (secondary N) is 2. The van der Waals surface area contributed by atoms with Crippen LogP contribution in [-0.2, 0) is 4.79 Å². The average Bonchev–Trinajstić information content (AvgIpc) is 3.11. The second kappa shape index (κ2) is 7.42. The van der Waals surface area contributed by atoms with Gasteiger partial charge in [-0.25, -0.2) is 0 Å². The van der Waals surface area contributed by atoms with Crippen molar-refractivity contribution < 1.29 is 9.21 Å². The smallest absolute Gasteiger partial charge is 0.238 e. The molecule has 0 bridgehead atoms. The molecule has 0 saturated carbocycles. The molecule has 3 aromatic rings. The molecule has 1 aromatic heterocycles. The van der Waals surface area contributed by atoms with Crippen molar-refractivity contribution in [2.24, 2.45) is 0 Å². The van der Waals surface area contributed by atoms with Gasteiger partial charge in [-0.2, -0.15) is 0 Å². The third-order valence-electron chi connectivity index (χ3n) is 3.48. The number of carbonyl (C=O) groups excluding carboxylic acids is 1. The van der Waals surface area contributed by atoms with Gasteiger partial charge in [-0.3, -0.25) is 10.1 Å². The lowest BCUT2D eigenvalue weighted by atomic mass is 10.0. The number of rotatable bonds is 6. The van der Waals surface area contributed by atoms with Crippen LogP contribution < -0.4 is 10.6 Å². The molecule has 2 aromatic carbocycles. The summed E-state index contributed by atoms with van der Waals surface area (Å²) in [6.07, 6.45) is 1.64. The van der Waals surface area contributed by atoms with E-state index in [0.717, 1.165) is 17.0 Å². The van der Waals surface area contributed by atoms with Gasteiger partial charge in [0.15, 0.2) is 0 Å². The Hall–Kier alpha value is -2.85. The molecule has 116 valence electrons. The largest absolute Gasteiger partial charge is 0.467 e. The standard InChI is InChI=1S/C19H18N2O2/c22-18(21-16-10-5-2-6-11-16)14-20-19(17-12-7-13-23-17)15-8-3-1-4-9-15/h1-13,19-20H,14H2,(H,21,22)/t19-/m0/s1. The Bertz CT molecular complexity index is 725. The van der Waals surface area contributed by atoms with Crippen molar-refractivity contribution in [1.29, 1.82) is 0 Å². The Morgan fingerprint density at radius 1 is 0.913 bits per heavy atom. The molecule has 0 unspecified atom stereocenters. The zero-order valence-corrected chi connectivity index (χ0v) is 12.6. The van der Waals surface area contributed by atoms with Crippen LogP contribution in [0.25, 0.3) is 0 Å². The minimum absolute atomic E-state index is 0.0938. The quantitative estimate of drug-likeness (QED) is 0.731. The second-order valence-electron chi connectivity index (χ2n) is 5.15. The number of amides is 1. The van der Waals surface area contributed by atoms with Gasteiger partial charge < -0.3 is 9.73 Å². The summed E-state index contributed by atoms with van der Waals surface area (Å²) in [6, 6.07) is 22.9. The van der Waals surface area contributed by atoms with Gasteiger partial charge in [0.2, 0.25) is 5.91 Å². The third-order valence-corrected chi connectivity index (χ3v) is 3.48. The van der Waals surface area contributed by atoms with E-state index in [2.05, 4.69) is 10.6 Å². The van der Waals surface area contributed by atoms with Crippen molar-refractivity contribution in [3.8, 4) is 0 Å². The van der Waals surface area contributed by atoms with Gasteiger partial charge in [-0.1, -0.05) is 48.5 Å². The van der Waals surface area contributed by atoms with E-state index in [9.17, 15) is 4.79 Å². The zero-order chi connectivity index (χ0) is 15.9. The highest BCUT2D eigenvalue weighted by molar-refractivity contribution is 5.92. The average molecular weight is 306 g/mol. The molecule has 2 N–H and O–H groups in total. The SMILES string of the molecule is O=C(CN[C@@H](c1ccccc1)c1ccco1)Nc1ccccc1. The molecular weight excluding hydrogens is 288 g/mol. The van der Waals surface area contributed by atoms with Crippen LogP contribution in [0.1, 0.15) is 17.4 Å². The van der Waals surface area contributed by atoms with E-state index < -0.39 is 0 Å². The van der Waals surface area contributed by atoms with Crippen molar-refractivity contribution in [3.63, 3.8) is 0 Å². The Kier molecular flexibility index (Phi) is 4.86. The van der Waals surface area contributed by atoms with Crippen LogP contribution in [0.4, 0.5) is 5.69 Å². The molecule has 0 spiro atoms. The van der Waals surface area contributed by atoms with Crippen LogP contribution in [0.3, 0.4) is 0 Å². The monoisotopic (exact) mass is 306 g/mol. The maximum absolute atomic E-state index is 12.1. The van der Waals surface area contributed by atoms with Crippen molar-refractivity contribution in [1.82, 2.24) is 5.32 Å². The van der Waals surface area contributed by atoms with E-state index in [0.29, 0.717) is 0 Å². The van der Waals surface area contributed by atoms with E-state index in [1.165, 1.54) is 0 Å². The first kappa shape index (κ1) is 15.1. The lowest BCUT2D eigenvalue weighted by molar-refractivity contribution is -0.115. The third kappa shape index (κ3) is 4.08. The number of para-hydroxylation sites is 1. The molecular formula is C19H18N2O2. The lowest BCUT2D eigenvalue weighted by Gasteiger charge is -2.17. The van der Waals surface area contributed by atoms with Crippen LogP contribution in [0.15, 0.2) is 83.5 Å². The molecule has 0 fully saturated rings. The Balaban J connectivity index is 1.66. The number of hydrogen-bond acceptors (Lipinski definition) is 3. The first-order valence-corrected chi connectivity index (χ1v) is 7.49. The van der Waals surface area contributed by atoms with Gasteiger partial charge >= 0.3 is 0 Å². The van der Waals surface area contributed by atoms with Gasteiger partial charge in [-0.15, -0.1) is 0 Å². The first-order valence-electron chi connectivity index (χ1n) is 7.49. The van der Waals surface area contributed by atoms with Crippen molar-refractivity contribution in [2.75, 3.05) is 11.9 Å². The van der Waals surface area contributed by atoms with Gasteiger partial charge in [-0.05, 0) is 29.8 Å². The fourth-order valence-electron chi connectivity index (χ4n) is 2.41. The second-order valence-corrected chi connectivity index (χ2v) is 5.15. The summed E-state index contributed by atoms with van der Waals surface area (Å²) in [5, 5.41) is 6.11. The zero-order valence-electron chi connectivity index (χ0n) is 12.6. The maximum Gasteiger partial charge on any atom is 0.238 e. The lowest BCUT2D eigenvalue weighted by Crippen LogP contribution is -2.31. The summed E-state index contributed by atoms with van der Waals surface area (Å²) in [5.74, 6) is 0.687. The molecule has 0 aliphatic carbocycles. The molecule has 1 amide bonds. The number of anilines is 1. The Morgan fingerprint density at radius 2 is 1.61 bits per heavy atom. The van der Waals surface area contributed by atoms with Crippen LogP contribution in [-0.4, -0.2) is 12.5 Å². The number of hydrogen-bond donors (Lipinski definition) is 2. The van der Waals surface area contributed by atoms with E-state index in [1.54, 1.807) is 6.26 Å². The van der Waals surface area contributed by atoms with E-state index in [-0.39, 0.29) is 18.5 Å². The fourth-order valence-corrected chi connectivity index (χ4v) is 2.41. The van der Waals surface area contributed by atoms with Crippen molar-refractivity contribution >= 4 is 11.6 Å². The van der Waals surface area contributed by atoms with Crippen molar-refractivity contribution in [3.05, 3.63) is 90.4 Å². The molecule has 3 rings (SSSR count). The van der Waals surface area contributed by atoms with Crippen LogP contribution >= 0.6 is 0 Å². The highest BCUT2D eigenvalue weighted by atomic mass is 16.3. The summed E-state index contributed by atoms with van der Waals surface area (Å²) in [5.41, 5.74) is 1.84.